The lowest BCUT2D eigenvalue weighted by molar-refractivity contribution is 0.208. The molecular weight excluding hydrogens is 130 g/mol. The Balaban J connectivity index is 2.73. The van der Waals surface area contributed by atoms with Crippen molar-refractivity contribution in [3.05, 3.63) is 11.6 Å². The zero-order valence-corrected chi connectivity index (χ0v) is 6.26. The smallest absolute Gasteiger partial charge is 0.251 e. The predicted molar refractivity (Wildman–Crippen MR) is 38.8 cm³/mol. The normalized spacial score (nSPS) is 17.4. The molecule has 0 saturated heterocycles. The summed E-state index contributed by atoms with van der Waals surface area (Å²) < 4.78 is 9.99. The standard InChI is InChI=1S/C7H11NO2/c1-9-6-4-3-5-8-7(6)10-2/h5H,3-4H2,1-2H3. The second kappa shape index (κ2) is 3.25. The number of methoxy groups -OCH3 is 2. The molecule has 10 heavy (non-hydrogen) atoms. The molecule has 0 aliphatic carbocycles. The molecule has 0 atom stereocenters. The number of nitrogens with zero attached hydrogens (tertiary/aromatic N) is 1. The van der Waals surface area contributed by atoms with Gasteiger partial charge in [0.1, 0.15) is 0 Å². The number of rotatable bonds is 2. The Kier molecular flexibility index (Phi) is 2.31. The molecule has 1 aliphatic heterocycles. The van der Waals surface area contributed by atoms with Crippen LogP contribution in [0.3, 0.4) is 0 Å². The van der Waals surface area contributed by atoms with Gasteiger partial charge in [-0.3, -0.25) is 0 Å². The third-order valence-electron chi connectivity index (χ3n) is 1.39. The van der Waals surface area contributed by atoms with E-state index in [-0.39, 0.29) is 0 Å². The topological polar surface area (TPSA) is 30.8 Å². The van der Waals surface area contributed by atoms with Crippen LogP contribution in [0.5, 0.6) is 0 Å². The van der Waals surface area contributed by atoms with Crippen LogP contribution in [0, 0.1) is 0 Å². The Hall–Kier alpha value is -0.990. The first-order valence-corrected chi connectivity index (χ1v) is 3.22. The van der Waals surface area contributed by atoms with Crippen LogP contribution in [0.15, 0.2) is 16.6 Å². The number of ether oxygens (including phenoxy) is 2. The van der Waals surface area contributed by atoms with Gasteiger partial charge in [-0.2, -0.15) is 0 Å². The van der Waals surface area contributed by atoms with Gasteiger partial charge in [-0.1, -0.05) is 0 Å². The van der Waals surface area contributed by atoms with Crippen LogP contribution in [0.25, 0.3) is 0 Å². The molecule has 3 heteroatoms. The van der Waals surface area contributed by atoms with E-state index in [1.54, 1.807) is 14.2 Å². The van der Waals surface area contributed by atoms with Gasteiger partial charge in [0, 0.05) is 12.6 Å². The Morgan fingerprint density at radius 1 is 1.40 bits per heavy atom. The molecule has 0 aromatic heterocycles. The maximum Gasteiger partial charge on any atom is 0.251 e. The molecule has 1 aliphatic rings. The molecule has 0 bridgehead atoms. The summed E-state index contributed by atoms with van der Waals surface area (Å²) in [5.41, 5.74) is 0. The number of aliphatic imine (C=N–C) groups is 1. The van der Waals surface area contributed by atoms with Crippen molar-refractivity contribution < 1.29 is 9.47 Å². The summed E-state index contributed by atoms with van der Waals surface area (Å²) in [6.45, 7) is 0. The summed E-state index contributed by atoms with van der Waals surface area (Å²) in [6.07, 6.45) is 3.67. The summed E-state index contributed by atoms with van der Waals surface area (Å²) in [6, 6.07) is 0. The van der Waals surface area contributed by atoms with E-state index in [1.165, 1.54) is 0 Å². The fourth-order valence-electron chi connectivity index (χ4n) is 0.878. The quantitative estimate of drug-likeness (QED) is 0.580. The molecular formula is C7H11NO2. The minimum atomic E-state index is 0.605. The van der Waals surface area contributed by atoms with Crippen molar-refractivity contribution in [1.29, 1.82) is 0 Å². The first-order valence-electron chi connectivity index (χ1n) is 3.22. The highest BCUT2D eigenvalue weighted by Gasteiger charge is 2.08. The number of hydrogen-bond donors (Lipinski definition) is 0. The van der Waals surface area contributed by atoms with Gasteiger partial charge in [0.05, 0.1) is 14.2 Å². The van der Waals surface area contributed by atoms with E-state index >= 15 is 0 Å². The van der Waals surface area contributed by atoms with Crippen LogP contribution < -0.4 is 0 Å². The Morgan fingerprint density at radius 2 is 2.20 bits per heavy atom. The van der Waals surface area contributed by atoms with Crippen LogP contribution in [0.2, 0.25) is 0 Å². The van der Waals surface area contributed by atoms with Crippen LogP contribution in [0.1, 0.15) is 12.8 Å². The van der Waals surface area contributed by atoms with Gasteiger partial charge < -0.3 is 9.47 Å². The van der Waals surface area contributed by atoms with Gasteiger partial charge in [-0.25, -0.2) is 4.99 Å². The van der Waals surface area contributed by atoms with Crippen molar-refractivity contribution in [3.8, 4) is 0 Å². The molecule has 0 N–H and O–H groups in total. The summed E-state index contributed by atoms with van der Waals surface area (Å²) in [5.74, 6) is 1.44. The molecule has 0 aromatic carbocycles. The summed E-state index contributed by atoms with van der Waals surface area (Å²) in [4.78, 5) is 4.01. The lowest BCUT2D eigenvalue weighted by Gasteiger charge is -2.11. The maximum absolute atomic E-state index is 5.04. The highest BCUT2D eigenvalue weighted by Crippen LogP contribution is 2.16. The Labute approximate surface area is 60.4 Å². The summed E-state index contributed by atoms with van der Waals surface area (Å²) in [7, 11) is 3.23. The monoisotopic (exact) mass is 141 g/mol. The molecule has 0 saturated carbocycles. The van der Waals surface area contributed by atoms with Gasteiger partial charge in [0.2, 0.25) is 0 Å². The van der Waals surface area contributed by atoms with Crippen molar-refractivity contribution in [3.63, 3.8) is 0 Å². The first-order chi connectivity index (χ1) is 4.88. The van der Waals surface area contributed by atoms with E-state index < -0.39 is 0 Å². The van der Waals surface area contributed by atoms with E-state index in [0.29, 0.717) is 5.88 Å². The fraction of sp³-hybridized carbons (Fsp3) is 0.571. The molecule has 0 unspecified atom stereocenters. The van der Waals surface area contributed by atoms with Gasteiger partial charge in [0.15, 0.2) is 5.76 Å². The van der Waals surface area contributed by atoms with Gasteiger partial charge in [0.25, 0.3) is 5.88 Å². The Bertz CT molecular complexity index is 172. The minimum absolute atomic E-state index is 0.605. The van der Waals surface area contributed by atoms with Crippen molar-refractivity contribution in [2.45, 2.75) is 12.8 Å². The molecule has 1 rings (SSSR count). The van der Waals surface area contributed by atoms with Crippen LogP contribution in [-0.4, -0.2) is 20.4 Å². The highest BCUT2D eigenvalue weighted by molar-refractivity contribution is 5.60. The number of allylic oxidation sites excluding steroid dienone is 1. The average molecular weight is 141 g/mol. The van der Waals surface area contributed by atoms with Crippen LogP contribution >= 0.6 is 0 Å². The van der Waals surface area contributed by atoms with Gasteiger partial charge in [-0.05, 0) is 6.42 Å². The molecule has 0 aromatic rings. The second-order valence-electron chi connectivity index (χ2n) is 1.99. The van der Waals surface area contributed by atoms with Crippen LogP contribution in [0.4, 0.5) is 0 Å². The fourth-order valence-corrected chi connectivity index (χ4v) is 0.878. The lowest BCUT2D eigenvalue weighted by atomic mass is 10.2. The third kappa shape index (κ3) is 1.29. The molecule has 1 heterocycles. The minimum Gasteiger partial charge on any atom is -0.495 e. The SMILES string of the molecule is COC1=C(OC)N=CCC1. The average Bonchev–Trinajstić information content (AvgIpc) is 2.04. The van der Waals surface area contributed by atoms with E-state index in [2.05, 4.69) is 4.99 Å². The number of hydrogen-bond acceptors (Lipinski definition) is 3. The maximum atomic E-state index is 5.04. The van der Waals surface area contributed by atoms with Gasteiger partial charge >= 0.3 is 0 Å². The molecule has 0 spiro atoms. The molecule has 0 amide bonds. The van der Waals surface area contributed by atoms with E-state index in [0.717, 1.165) is 18.6 Å². The van der Waals surface area contributed by atoms with E-state index in [4.69, 9.17) is 9.47 Å². The molecule has 56 valence electrons. The van der Waals surface area contributed by atoms with Crippen LogP contribution in [-0.2, 0) is 9.47 Å². The second-order valence-corrected chi connectivity index (χ2v) is 1.99. The Morgan fingerprint density at radius 3 is 2.70 bits per heavy atom. The van der Waals surface area contributed by atoms with E-state index in [1.807, 2.05) is 6.21 Å². The largest absolute Gasteiger partial charge is 0.495 e. The van der Waals surface area contributed by atoms with E-state index in [9.17, 15) is 0 Å². The van der Waals surface area contributed by atoms with Crippen molar-refractivity contribution in [2.75, 3.05) is 14.2 Å². The lowest BCUT2D eigenvalue weighted by Crippen LogP contribution is -2.00. The molecule has 0 radical (unpaired) electrons. The zero-order valence-electron chi connectivity index (χ0n) is 6.26. The summed E-state index contributed by atoms with van der Waals surface area (Å²) in [5, 5.41) is 0. The third-order valence-corrected chi connectivity index (χ3v) is 1.39. The molecule has 0 fully saturated rings. The van der Waals surface area contributed by atoms with Crippen molar-refractivity contribution in [1.82, 2.24) is 0 Å². The molecule has 3 nitrogen and oxygen atoms in total. The van der Waals surface area contributed by atoms with Crippen molar-refractivity contribution in [2.24, 2.45) is 4.99 Å². The van der Waals surface area contributed by atoms with Crippen molar-refractivity contribution >= 4 is 6.21 Å². The highest BCUT2D eigenvalue weighted by atomic mass is 16.5. The van der Waals surface area contributed by atoms with Gasteiger partial charge in [-0.15, -0.1) is 0 Å². The zero-order chi connectivity index (χ0) is 7.40. The predicted octanol–water partition coefficient (Wildman–Crippen LogP) is 1.31. The summed E-state index contributed by atoms with van der Waals surface area (Å²) >= 11 is 0. The first kappa shape index (κ1) is 7.12.